The summed E-state index contributed by atoms with van der Waals surface area (Å²) in [6.07, 6.45) is 1.81. The molecule has 0 bridgehead atoms. The molecule has 5 nitrogen and oxygen atoms in total. The van der Waals surface area contributed by atoms with Crippen molar-refractivity contribution in [2.24, 2.45) is 0 Å². The molecule has 0 saturated carbocycles. The van der Waals surface area contributed by atoms with E-state index in [0.29, 0.717) is 0 Å². The van der Waals surface area contributed by atoms with Crippen LogP contribution in [0.3, 0.4) is 0 Å². The molecule has 0 radical (unpaired) electrons. The number of nitrogens with zero attached hydrogens (tertiary/aromatic N) is 3. The van der Waals surface area contributed by atoms with Crippen LogP contribution in [0.5, 0.6) is 0 Å². The molecule has 1 saturated heterocycles. The van der Waals surface area contributed by atoms with Gasteiger partial charge < -0.3 is 9.52 Å². The van der Waals surface area contributed by atoms with E-state index in [2.05, 4.69) is 14.8 Å². The van der Waals surface area contributed by atoms with Crippen molar-refractivity contribution in [2.45, 2.75) is 6.54 Å². The fourth-order valence-corrected chi connectivity index (χ4v) is 3.09. The normalized spacial score (nSPS) is 17.6. The molecule has 2 aromatic heterocycles. The molecule has 0 unspecified atom stereocenters. The van der Waals surface area contributed by atoms with Crippen LogP contribution in [0.1, 0.15) is 5.89 Å². The third-order valence-corrected chi connectivity index (χ3v) is 4.44. The Morgan fingerprint density at radius 1 is 1.25 bits per heavy atom. The monoisotopic (exact) mass is 293 g/mol. The van der Waals surface area contributed by atoms with Gasteiger partial charge in [-0.2, -0.15) is 0 Å². The zero-order valence-corrected chi connectivity index (χ0v) is 12.2. The van der Waals surface area contributed by atoms with Gasteiger partial charge in [-0.3, -0.25) is 9.80 Å². The molecule has 20 heavy (non-hydrogen) atoms. The molecule has 0 amide bonds. The van der Waals surface area contributed by atoms with Crippen molar-refractivity contribution in [1.82, 2.24) is 14.8 Å². The van der Waals surface area contributed by atoms with Gasteiger partial charge in [0.25, 0.3) is 0 Å². The van der Waals surface area contributed by atoms with E-state index in [1.54, 1.807) is 11.3 Å². The molecule has 108 valence electrons. The number of rotatable bonds is 5. The molecule has 0 aliphatic carbocycles. The van der Waals surface area contributed by atoms with Crippen LogP contribution < -0.4 is 0 Å². The second-order valence-corrected chi connectivity index (χ2v) is 5.88. The van der Waals surface area contributed by atoms with Crippen LogP contribution in [0.2, 0.25) is 0 Å². The molecule has 1 fully saturated rings. The van der Waals surface area contributed by atoms with Crippen molar-refractivity contribution in [3.05, 3.63) is 29.6 Å². The average molecular weight is 293 g/mol. The Morgan fingerprint density at radius 2 is 2.05 bits per heavy atom. The summed E-state index contributed by atoms with van der Waals surface area (Å²) >= 11 is 1.66. The number of hydrogen-bond acceptors (Lipinski definition) is 6. The van der Waals surface area contributed by atoms with Gasteiger partial charge in [-0.25, -0.2) is 4.98 Å². The number of hydrogen-bond donors (Lipinski definition) is 1. The highest BCUT2D eigenvalue weighted by atomic mass is 32.1. The lowest BCUT2D eigenvalue weighted by atomic mass is 10.3. The fraction of sp³-hybridized carbons (Fsp3) is 0.500. The van der Waals surface area contributed by atoms with Crippen molar-refractivity contribution >= 4 is 11.3 Å². The zero-order chi connectivity index (χ0) is 13.8. The summed E-state index contributed by atoms with van der Waals surface area (Å²) < 4.78 is 5.81. The maximum Gasteiger partial charge on any atom is 0.209 e. The van der Waals surface area contributed by atoms with E-state index in [1.165, 1.54) is 0 Å². The molecule has 1 aliphatic rings. The van der Waals surface area contributed by atoms with Gasteiger partial charge in [0.15, 0.2) is 5.76 Å². The minimum atomic E-state index is 0.240. The van der Waals surface area contributed by atoms with Crippen molar-refractivity contribution in [2.75, 3.05) is 39.3 Å². The highest BCUT2D eigenvalue weighted by molar-refractivity contribution is 7.13. The SMILES string of the molecule is OCCN1CCN(Cc2ncc(-c3cccs3)o2)CC1. The van der Waals surface area contributed by atoms with Crippen molar-refractivity contribution in [3.8, 4) is 10.6 Å². The topological polar surface area (TPSA) is 52.7 Å². The summed E-state index contributed by atoms with van der Waals surface area (Å²) in [7, 11) is 0. The summed E-state index contributed by atoms with van der Waals surface area (Å²) in [5.41, 5.74) is 0. The maximum atomic E-state index is 8.93. The van der Waals surface area contributed by atoms with E-state index >= 15 is 0 Å². The Morgan fingerprint density at radius 3 is 2.75 bits per heavy atom. The van der Waals surface area contributed by atoms with Crippen molar-refractivity contribution < 1.29 is 9.52 Å². The van der Waals surface area contributed by atoms with Gasteiger partial charge in [-0.1, -0.05) is 6.07 Å². The van der Waals surface area contributed by atoms with E-state index in [9.17, 15) is 0 Å². The number of aliphatic hydroxyl groups is 1. The molecule has 0 aromatic carbocycles. The van der Waals surface area contributed by atoms with Gasteiger partial charge in [0.05, 0.1) is 24.2 Å². The second kappa shape index (κ2) is 6.49. The minimum Gasteiger partial charge on any atom is -0.438 e. The van der Waals surface area contributed by atoms with Crippen LogP contribution in [0.4, 0.5) is 0 Å². The highest BCUT2D eigenvalue weighted by Gasteiger charge is 2.18. The molecular formula is C14H19N3O2S. The van der Waals surface area contributed by atoms with E-state index in [1.807, 2.05) is 23.7 Å². The highest BCUT2D eigenvalue weighted by Crippen LogP contribution is 2.25. The third kappa shape index (κ3) is 3.27. The number of thiophene rings is 1. The summed E-state index contributed by atoms with van der Waals surface area (Å²) in [6, 6.07) is 4.06. The van der Waals surface area contributed by atoms with E-state index < -0.39 is 0 Å². The van der Waals surface area contributed by atoms with Crippen molar-refractivity contribution in [1.29, 1.82) is 0 Å². The van der Waals surface area contributed by atoms with Crippen LogP contribution in [0, 0.1) is 0 Å². The standard InChI is InChI=1S/C14H19N3O2S/c18-8-7-16-3-5-17(6-4-16)11-14-15-10-12(19-14)13-2-1-9-20-13/h1-2,9-10,18H,3-8,11H2. The molecule has 0 atom stereocenters. The Kier molecular flexibility index (Phi) is 4.47. The molecule has 3 rings (SSSR count). The molecule has 0 spiro atoms. The lowest BCUT2D eigenvalue weighted by Gasteiger charge is -2.33. The summed E-state index contributed by atoms with van der Waals surface area (Å²) in [5, 5.41) is 11.0. The Labute approximate surface area is 122 Å². The molecule has 1 aliphatic heterocycles. The lowest BCUT2D eigenvalue weighted by molar-refractivity contribution is 0.103. The van der Waals surface area contributed by atoms with Crippen molar-refractivity contribution in [3.63, 3.8) is 0 Å². The summed E-state index contributed by atoms with van der Waals surface area (Å²) in [6.45, 7) is 5.77. The van der Waals surface area contributed by atoms with Crippen LogP contribution in [0.25, 0.3) is 10.6 Å². The predicted molar refractivity (Wildman–Crippen MR) is 78.6 cm³/mol. The first kappa shape index (κ1) is 13.8. The molecular weight excluding hydrogens is 274 g/mol. The first-order valence-corrected chi connectivity index (χ1v) is 7.77. The largest absolute Gasteiger partial charge is 0.438 e. The molecule has 6 heteroatoms. The predicted octanol–water partition coefficient (Wildman–Crippen LogP) is 1.51. The quantitative estimate of drug-likeness (QED) is 0.905. The second-order valence-electron chi connectivity index (χ2n) is 4.94. The fourth-order valence-electron chi connectivity index (χ4n) is 2.42. The minimum absolute atomic E-state index is 0.240. The van der Waals surface area contributed by atoms with E-state index in [-0.39, 0.29) is 6.61 Å². The summed E-state index contributed by atoms with van der Waals surface area (Å²) in [4.78, 5) is 10.1. The van der Waals surface area contributed by atoms with Gasteiger partial charge in [0, 0.05) is 32.7 Å². The number of aliphatic hydroxyl groups excluding tert-OH is 1. The van der Waals surface area contributed by atoms with Gasteiger partial charge in [-0.05, 0) is 11.4 Å². The number of aromatic nitrogens is 1. The molecule has 3 heterocycles. The molecule has 1 N–H and O–H groups in total. The number of piperazine rings is 1. The summed E-state index contributed by atoms with van der Waals surface area (Å²) in [5.74, 6) is 1.64. The van der Waals surface area contributed by atoms with Crippen LogP contribution >= 0.6 is 11.3 Å². The average Bonchev–Trinajstić information content (AvgIpc) is 3.12. The zero-order valence-electron chi connectivity index (χ0n) is 11.4. The van der Waals surface area contributed by atoms with Crippen LogP contribution in [0.15, 0.2) is 28.1 Å². The van der Waals surface area contributed by atoms with Gasteiger partial charge in [0.2, 0.25) is 5.89 Å². The Bertz CT molecular complexity index is 518. The maximum absolute atomic E-state index is 8.93. The van der Waals surface area contributed by atoms with E-state index in [4.69, 9.17) is 9.52 Å². The number of oxazole rings is 1. The van der Waals surface area contributed by atoms with Gasteiger partial charge in [-0.15, -0.1) is 11.3 Å². The third-order valence-electron chi connectivity index (χ3n) is 3.56. The van der Waals surface area contributed by atoms with Gasteiger partial charge in [0.1, 0.15) is 0 Å². The van der Waals surface area contributed by atoms with Crippen LogP contribution in [-0.2, 0) is 6.54 Å². The van der Waals surface area contributed by atoms with Gasteiger partial charge >= 0.3 is 0 Å². The first-order valence-electron chi connectivity index (χ1n) is 6.89. The van der Waals surface area contributed by atoms with Crippen LogP contribution in [-0.4, -0.2) is 59.2 Å². The lowest BCUT2D eigenvalue weighted by Crippen LogP contribution is -2.46. The Hall–Kier alpha value is -1.21. The van der Waals surface area contributed by atoms with E-state index in [0.717, 1.165) is 55.8 Å². The Balaban J connectivity index is 1.54. The smallest absolute Gasteiger partial charge is 0.209 e. The number of β-amino-alcohol motifs (C(OH)–C–C–N with tert-alkyl or cyclic N) is 1. The first-order chi connectivity index (χ1) is 9.85. The molecule has 2 aromatic rings.